The predicted octanol–water partition coefficient (Wildman–Crippen LogP) is 2.32. The van der Waals surface area contributed by atoms with Gasteiger partial charge in [-0.1, -0.05) is 25.7 Å². The zero-order valence-corrected chi connectivity index (χ0v) is 9.24. The molecule has 0 radical (unpaired) electrons. The molecule has 1 aliphatic heterocycles. The Bertz CT molecular complexity index is 177. The molecular formula is C12H23NO. The minimum Gasteiger partial charge on any atom is -0.378 e. The molecule has 2 N–H and O–H groups in total. The van der Waals surface area contributed by atoms with E-state index in [0.717, 1.165) is 12.5 Å². The van der Waals surface area contributed by atoms with Crippen LogP contribution in [0.15, 0.2) is 0 Å². The van der Waals surface area contributed by atoms with E-state index in [2.05, 4.69) is 6.92 Å². The molecule has 0 aromatic rings. The van der Waals surface area contributed by atoms with Crippen LogP contribution in [0.25, 0.3) is 0 Å². The van der Waals surface area contributed by atoms with E-state index in [1.54, 1.807) is 0 Å². The maximum atomic E-state index is 6.27. The van der Waals surface area contributed by atoms with Crippen LogP contribution in [0.5, 0.6) is 0 Å². The van der Waals surface area contributed by atoms with Crippen molar-refractivity contribution in [1.29, 1.82) is 0 Å². The van der Waals surface area contributed by atoms with Crippen LogP contribution in [-0.4, -0.2) is 18.8 Å². The largest absolute Gasteiger partial charge is 0.378 e. The third-order valence-electron chi connectivity index (χ3n) is 4.07. The normalized spacial score (nSPS) is 36.4. The smallest absolute Gasteiger partial charge is 0.0590 e. The molecule has 2 rings (SSSR count). The highest BCUT2D eigenvalue weighted by atomic mass is 16.5. The van der Waals surface area contributed by atoms with Gasteiger partial charge >= 0.3 is 0 Å². The van der Waals surface area contributed by atoms with Gasteiger partial charge < -0.3 is 10.5 Å². The fourth-order valence-electron chi connectivity index (χ4n) is 3.12. The number of hydrogen-bond donors (Lipinski definition) is 1. The highest BCUT2D eigenvalue weighted by Crippen LogP contribution is 2.32. The quantitative estimate of drug-likeness (QED) is 0.753. The summed E-state index contributed by atoms with van der Waals surface area (Å²) in [6.07, 6.45) is 8.48. The summed E-state index contributed by atoms with van der Waals surface area (Å²) in [6, 6.07) is 0.385. The lowest BCUT2D eigenvalue weighted by Gasteiger charge is -2.24. The monoisotopic (exact) mass is 197 g/mol. The third kappa shape index (κ3) is 2.29. The number of ether oxygens (including phenoxy) is 1. The van der Waals surface area contributed by atoms with Crippen molar-refractivity contribution in [1.82, 2.24) is 0 Å². The minimum absolute atomic E-state index is 0.385. The molecule has 0 amide bonds. The summed E-state index contributed by atoms with van der Waals surface area (Å²) in [7, 11) is 0. The van der Waals surface area contributed by atoms with Crippen molar-refractivity contribution in [3.05, 3.63) is 0 Å². The number of nitrogens with two attached hydrogens (primary N) is 1. The van der Waals surface area contributed by atoms with Gasteiger partial charge in [-0.15, -0.1) is 0 Å². The van der Waals surface area contributed by atoms with E-state index in [-0.39, 0.29) is 0 Å². The Morgan fingerprint density at radius 2 is 2.00 bits per heavy atom. The molecule has 0 bridgehead atoms. The Morgan fingerprint density at radius 1 is 1.29 bits per heavy atom. The molecule has 14 heavy (non-hydrogen) atoms. The summed E-state index contributed by atoms with van der Waals surface area (Å²) < 4.78 is 5.57. The highest BCUT2D eigenvalue weighted by Gasteiger charge is 2.31. The first-order valence-electron chi connectivity index (χ1n) is 6.14. The lowest BCUT2D eigenvalue weighted by atomic mass is 9.87. The van der Waals surface area contributed by atoms with Crippen LogP contribution in [0, 0.1) is 11.8 Å². The zero-order valence-electron chi connectivity index (χ0n) is 9.24. The van der Waals surface area contributed by atoms with Crippen molar-refractivity contribution in [2.45, 2.75) is 57.6 Å². The maximum Gasteiger partial charge on any atom is 0.0590 e. The van der Waals surface area contributed by atoms with Crippen molar-refractivity contribution in [2.75, 3.05) is 6.61 Å². The third-order valence-corrected chi connectivity index (χ3v) is 4.07. The molecule has 0 aromatic heterocycles. The molecule has 1 aliphatic carbocycles. The molecule has 2 nitrogen and oxygen atoms in total. The second kappa shape index (κ2) is 4.63. The van der Waals surface area contributed by atoms with Crippen LogP contribution in [0.4, 0.5) is 0 Å². The van der Waals surface area contributed by atoms with E-state index >= 15 is 0 Å². The summed E-state index contributed by atoms with van der Waals surface area (Å²) in [4.78, 5) is 0. The molecule has 0 aromatic carbocycles. The molecule has 1 heterocycles. The van der Waals surface area contributed by atoms with Crippen molar-refractivity contribution < 1.29 is 4.74 Å². The fourth-order valence-corrected chi connectivity index (χ4v) is 3.12. The first kappa shape index (κ1) is 10.4. The fraction of sp³-hybridized carbons (Fsp3) is 1.00. The second-order valence-electron chi connectivity index (χ2n) is 5.08. The Labute approximate surface area is 87.2 Å². The summed E-state index contributed by atoms with van der Waals surface area (Å²) >= 11 is 0. The number of hydrogen-bond acceptors (Lipinski definition) is 2. The van der Waals surface area contributed by atoms with Gasteiger partial charge in [0.25, 0.3) is 0 Å². The predicted molar refractivity (Wildman–Crippen MR) is 58.1 cm³/mol. The van der Waals surface area contributed by atoms with Gasteiger partial charge in [0.15, 0.2) is 0 Å². The van der Waals surface area contributed by atoms with Crippen molar-refractivity contribution >= 4 is 0 Å². The molecule has 1 saturated heterocycles. The molecule has 3 atom stereocenters. The zero-order chi connectivity index (χ0) is 9.97. The average Bonchev–Trinajstić information content (AvgIpc) is 2.75. The highest BCUT2D eigenvalue weighted by molar-refractivity contribution is 4.84. The molecule has 2 fully saturated rings. The van der Waals surface area contributed by atoms with Crippen LogP contribution in [0.3, 0.4) is 0 Å². The van der Waals surface area contributed by atoms with Crippen LogP contribution < -0.4 is 5.73 Å². The molecule has 2 aliphatic rings. The molecular weight excluding hydrogens is 174 g/mol. The van der Waals surface area contributed by atoms with Crippen LogP contribution >= 0.6 is 0 Å². The minimum atomic E-state index is 0.385. The van der Waals surface area contributed by atoms with E-state index in [0.29, 0.717) is 18.1 Å². The van der Waals surface area contributed by atoms with E-state index in [1.165, 1.54) is 38.5 Å². The van der Waals surface area contributed by atoms with Gasteiger partial charge in [-0.05, 0) is 25.7 Å². The Morgan fingerprint density at radius 3 is 2.57 bits per heavy atom. The average molecular weight is 197 g/mol. The van der Waals surface area contributed by atoms with Gasteiger partial charge in [0, 0.05) is 18.6 Å². The molecule has 1 saturated carbocycles. The maximum absolute atomic E-state index is 6.27. The van der Waals surface area contributed by atoms with Crippen molar-refractivity contribution in [3.8, 4) is 0 Å². The standard InChI is InChI=1S/C12H23NO/c1-9-11(6-7-14-9)12(13)8-10-4-2-3-5-10/h9-12H,2-8,13H2,1H3. The van der Waals surface area contributed by atoms with Crippen LogP contribution in [0.1, 0.15) is 45.4 Å². The van der Waals surface area contributed by atoms with E-state index in [4.69, 9.17) is 10.5 Å². The first-order valence-corrected chi connectivity index (χ1v) is 6.14. The van der Waals surface area contributed by atoms with Crippen molar-refractivity contribution in [3.63, 3.8) is 0 Å². The molecule has 0 spiro atoms. The molecule has 3 unspecified atom stereocenters. The Hall–Kier alpha value is -0.0800. The van der Waals surface area contributed by atoms with Crippen molar-refractivity contribution in [2.24, 2.45) is 17.6 Å². The lowest BCUT2D eigenvalue weighted by Crippen LogP contribution is -2.35. The summed E-state index contributed by atoms with van der Waals surface area (Å²) in [5.74, 6) is 1.54. The molecule has 2 heteroatoms. The van der Waals surface area contributed by atoms with Gasteiger partial charge in [0.1, 0.15) is 0 Å². The summed E-state index contributed by atoms with van der Waals surface area (Å²) in [6.45, 7) is 3.09. The summed E-state index contributed by atoms with van der Waals surface area (Å²) in [5.41, 5.74) is 6.27. The second-order valence-corrected chi connectivity index (χ2v) is 5.08. The Kier molecular flexibility index (Phi) is 3.45. The van der Waals surface area contributed by atoms with E-state index in [9.17, 15) is 0 Å². The number of rotatable bonds is 3. The van der Waals surface area contributed by atoms with Gasteiger partial charge in [-0.3, -0.25) is 0 Å². The molecule has 82 valence electrons. The Balaban J connectivity index is 1.78. The van der Waals surface area contributed by atoms with E-state index in [1.807, 2.05) is 0 Å². The topological polar surface area (TPSA) is 35.2 Å². The van der Waals surface area contributed by atoms with Gasteiger partial charge in [-0.2, -0.15) is 0 Å². The van der Waals surface area contributed by atoms with Gasteiger partial charge in [0.05, 0.1) is 6.10 Å². The van der Waals surface area contributed by atoms with Crippen LogP contribution in [0.2, 0.25) is 0 Å². The van der Waals surface area contributed by atoms with Gasteiger partial charge in [-0.25, -0.2) is 0 Å². The SMILES string of the molecule is CC1OCCC1C(N)CC1CCCC1. The van der Waals surface area contributed by atoms with E-state index < -0.39 is 0 Å². The summed E-state index contributed by atoms with van der Waals surface area (Å²) in [5, 5.41) is 0. The first-order chi connectivity index (χ1) is 6.77. The van der Waals surface area contributed by atoms with Gasteiger partial charge in [0.2, 0.25) is 0 Å². The van der Waals surface area contributed by atoms with Crippen LogP contribution in [-0.2, 0) is 4.74 Å². The lowest BCUT2D eigenvalue weighted by molar-refractivity contribution is 0.0969.